The zero-order valence-corrected chi connectivity index (χ0v) is 42.2. The van der Waals surface area contributed by atoms with E-state index in [1.165, 1.54) is 4.90 Å². The van der Waals surface area contributed by atoms with Gasteiger partial charge in [0.15, 0.2) is 5.69 Å². The van der Waals surface area contributed by atoms with Crippen molar-refractivity contribution < 1.29 is 29.0 Å². The number of unbranched alkanes of at least 4 members (excludes halogenated alkanes) is 2. The van der Waals surface area contributed by atoms with E-state index in [1.807, 2.05) is 76.5 Å². The molecule has 0 radical (unpaired) electrons. The molecule has 1 saturated heterocycles. The van der Waals surface area contributed by atoms with Gasteiger partial charge in [-0.25, -0.2) is 4.98 Å². The number of carbonyl (C=O) groups is 4. The van der Waals surface area contributed by atoms with Gasteiger partial charge in [-0.15, -0.1) is 21.5 Å². The molecule has 364 valence electrons. The highest BCUT2D eigenvalue weighted by Crippen LogP contribution is 2.60. The summed E-state index contributed by atoms with van der Waals surface area (Å²) in [6, 6.07) is 16.7. The molecule has 5 N–H and O–H groups in total. The van der Waals surface area contributed by atoms with Crippen molar-refractivity contribution >= 4 is 52.4 Å². The molecule has 1 aliphatic carbocycles. The van der Waals surface area contributed by atoms with Crippen LogP contribution in [0.25, 0.3) is 10.4 Å². The summed E-state index contributed by atoms with van der Waals surface area (Å²) in [5.74, 6) is -0.722. The number of carbonyl (C=O) groups excluding carboxylic acids is 4. The van der Waals surface area contributed by atoms with Gasteiger partial charge in [0.25, 0.3) is 5.91 Å². The van der Waals surface area contributed by atoms with E-state index in [4.69, 9.17) is 16.3 Å². The summed E-state index contributed by atoms with van der Waals surface area (Å²) >= 11 is 7.88. The van der Waals surface area contributed by atoms with Gasteiger partial charge < -0.3 is 36.0 Å². The lowest BCUT2D eigenvalue weighted by Crippen LogP contribution is -2.70. The van der Waals surface area contributed by atoms with Crippen molar-refractivity contribution in [3.8, 4) is 16.5 Å². The highest BCUT2D eigenvalue weighted by atomic mass is 35.5. The Morgan fingerprint density at radius 2 is 1.72 bits per heavy atom. The Balaban J connectivity index is 0.887. The number of aliphatic hydroxyl groups is 1. The molecule has 1 saturated carbocycles. The van der Waals surface area contributed by atoms with Crippen LogP contribution in [0.5, 0.6) is 0 Å². The molecule has 68 heavy (non-hydrogen) atoms. The average molecular weight is 969 g/mol. The van der Waals surface area contributed by atoms with Crippen molar-refractivity contribution in [2.45, 2.75) is 125 Å². The van der Waals surface area contributed by atoms with E-state index in [0.29, 0.717) is 36.0 Å². The lowest BCUT2D eigenvalue weighted by Gasteiger charge is -2.64. The van der Waals surface area contributed by atoms with Crippen LogP contribution in [0.2, 0.25) is 5.02 Å². The third-order valence-electron chi connectivity index (χ3n) is 13.6. The van der Waals surface area contributed by atoms with E-state index in [1.54, 1.807) is 29.5 Å². The number of halogens is 1. The summed E-state index contributed by atoms with van der Waals surface area (Å²) in [6.07, 6.45) is 2.31. The first kappa shape index (κ1) is 51.9. The molecular weight excluding hydrogens is 902 g/mol. The number of nitrogens with zero attached hydrogens (tertiary/aromatic N) is 5. The number of thiazole rings is 1. The molecule has 4 atom stereocenters. The van der Waals surface area contributed by atoms with Gasteiger partial charge in [-0.05, 0) is 103 Å². The topological polar surface area (TPSA) is 212 Å². The van der Waals surface area contributed by atoms with Gasteiger partial charge in [0, 0.05) is 32.2 Å². The van der Waals surface area contributed by atoms with Crippen molar-refractivity contribution in [3.63, 3.8) is 0 Å². The number of nitriles is 1. The van der Waals surface area contributed by atoms with Gasteiger partial charge in [0.2, 0.25) is 17.7 Å². The van der Waals surface area contributed by atoms with Gasteiger partial charge in [0.05, 0.1) is 38.8 Å². The predicted octanol–water partition coefficient (Wildman–Crippen LogP) is 7.43. The first-order valence-corrected chi connectivity index (χ1v) is 24.6. The number of aromatic nitrogens is 3. The third kappa shape index (κ3) is 12.2. The minimum atomic E-state index is -0.959. The van der Waals surface area contributed by atoms with E-state index in [0.717, 1.165) is 46.5 Å². The SMILES string of the molecule is Cc1ncsc1-c1ccc([C@H](C)NC(=O)[C@@H]2C[C@@H](O)CN2C(=O)[C@@H](NC(=O)COCCCCCNc2ccc(C(=O)NC3C(C)(C)C(Cc4ccc(C#N)c(Cl)c4)C3(C)C)nn2)C(C)(C)C)cc1. The maximum atomic E-state index is 14.1. The number of likely N-dealkylation sites (tertiary alicyclic amines) is 1. The zero-order valence-electron chi connectivity index (χ0n) is 40.6. The minimum Gasteiger partial charge on any atom is -0.391 e. The molecule has 2 aromatic carbocycles. The Morgan fingerprint density at radius 3 is 2.34 bits per heavy atom. The second-order valence-corrected chi connectivity index (χ2v) is 21.7. The molecule has 0 spiro atoms. The van der Waals surface area contributed by atoms with E-state index in [2.05, 4.69) is 70.2 Å². The number of amides is 4. The Bertz CT molecular complexity index is 2450. The van der Waals surface area contributed by atoms with Crippen LogP contribution in [-0.2, 0) is 25.5 Å². The van der Waals surface area contributed by atoms with Crippen molar-refractivity contribution in [1.29, 1.82) is 5.26 Å². The molecule has 4 amide bonds. The van der Waals surface area contributed by atoms with Crippen LogP contribution in [0.3, 0.4) is 0 Å². The standard InChI is InChI=1S/C51H66ClN9O6S/c1-30(33-15-17-34(18-16-33)43-31(2)55-29-68-43)56-46(65)39-25-36(62)27-61(39)47(66)44(49(3,4)5)57-42(63)28-67-22-12-10-11-21-54-41-20-19-38(59-60-41)45(64)58-48-50(6,7)40(51(48,8)9)24-32-13-14-35(26-53)37(52)23-32/h13-20,23,29-30,36,39-40,44,48,62H,10-12,21-22,24-25,27-28H2,1-9H3,(H,54,60)(H,56,65)(H,57,63)(H,58,64)/t30-,36+,39-,40?,44+,48?/m0/s1. The van der Waals surface area contributed by atoms with Crippen molar-refractivity contribution in [2.75, 3.05) is 31.6 Å². The number of benzene rings is 2. The normalized spacial score (nSPS) is 20.4. The van der Waals surface area contributed by atoms with Crippen LogP contribution < -0.4 is 21.3 Å². The van der Waals surface area contributed by atoms with E-state index < -0.39 is 35.4 Å². The van der Waals surface area contributed by atoms with Crippen LogP contribution in [0.1, 0.15) is 120 Å². The molecule has 0 unspecified atom stereocenters. The minimum absolute atomic E-state index is 0.0174. The third-order valence-corrected chi connectivity index (χ3v) is 14.9. The molecule has 0 bridgehead atoms. The first-order chi connectivity index (χ1) is 32.1. The Hall–Kier alpha value is -5.47. The molecule has 6 rings (SSSR count). The van der Waals surface area contributed by atoms with Crippen LogP contribution in [-0.4, -0.2) is 99.3 Å². The van der Waals surface area contributed by atoms with Gasteiger partial charge in [0.1, 0.15) is 30.6 Å². The fraction of sp³-hybridized carbons (Fsp3) is 0.529. The second kappa shape index (κ2) is 21.9. The summed E-state index contributed by atoms with van der Waals surface area (Å²) in [5.41, 5.74) is 5.36. The average Bonchev–Trinajstić information content (AvgIpc) is 3.91. The van der Waals surface area contributed by atoms with E-state index >= 15 is 0 Å². The number of aryl methyl sites for hydroxylation is 1. The summed E-state index contributed by atoms with van der Waals surface area (Å²) in [4.78, 5) is 60.9. The van der Waals surface area contributed by atoms with Crippen molar-refractivity contribution in [1.82, 2.24) is 36.0 Å². The second-order valence-electron chi connectivity index (χ2n) is 20.5. The number of aliphatic hydroxyl groups excluding tert-OH is 1. The van der Waals surface area contributed by atoms with Crippen LogP contribution in [0, 0.1) is 40.4 Å². The Kier molecular flexibility index (Phi) is 16.7. The summed E-state index contributed by atoms with van der Waals surface area (Å²) < 4.78 is 5.68. The van der Waals surface area contributed by atoms with Crippen LogP contribution in [0.4, 0.5) is 5.82 Å². The van der Waals surface area contributed by atoms with Gasteiger partial charge in [-0.2, -0.15) is 5.26 Å². The summed E-state index contributed by atoms with van der Waals surface area (Å²) in [5, 5.41) is 41.0. The quantitative estimate of drug-likeness (QED) is 0.0584. The maximum Gasteiger partial charge on any atom is 0.272 e. The molecule has 17 heteroatoms. The van der Waals surface area contributed by atoms with E-state index in [-0.39, 0.29) is 65.9 Å². The summed E-state index contributed by atoms with van der Waals surface area (Å²) in [7, 11) is 0. The van der Waals surface area contributed by atoms with Gasteiger partial charge in [-0.1, -0.05) is 90.4 Å². The fourth-order valence-electron chi connectivity index (χ4n) is 9.99. The Labute approximate surface area is 409 Å². The number of anilines is 1. The highest BCUT2D eigenvalue weighted by molar-refractivity contribution is 7.13. The van der Waals surface area contributed by atoms with Crippen LogP contribution >= 0.6 is 22.9 Å². The molecule has 1 aliphatic heterocycles. The molecule has 2 aromatic heterocycles. The lowest BCUT2D eigenvalue weighted by atomic mass is 9.43. The van der Waals surface area contributed by atoms with Gasteiger partial charge >= 0.3 is 0 Å². The Morgan fingerprint density at radius 1 is 1.00 bits per heavy atom. The lowest BCUT2D eigenvalue weighted by molar-refractivity contribution is -0.144. The first-order valence-electron chi connectivity index (χ1n) is 23.3. The van der Waals surface area contributed by atoms with Crippen LogP contribution in [0.15, 0.2) is 60.1 Å². The maximum absolute atomic E-state index is 14.1. The summed E-state index contributed by atoms with van der Waals surface area (Å²) in [6.45, 7) is 18.7. The monoisotopic (exact) mass is 967 g/mol. The number of rotatable bonds is 19. The molecule has 2 fully saturated rings. The smallest absolute Gasteiger partial charge is 0.272 e. The molecule has 4 aromatic rings. The number of hydrogen-bond acceptors (Lipinski definition) is 12. The van der Waals surface area contributed by atoms with Gasteiger partial charge in [-0.3, -0.25) is 19.2 Å². The zero-order chi connectivity index (χ0) is 49.6. The predicted molar refractivity (Wildman–Crippen MR) is 264 cm³/mol. The molecule has 3 heterocycles. The molecule has 15 nitrogen and oxygen atoms in total. The van der Waals surface area contributed by atoms with Crippen molar-refractivity contribution in [3.05, 3.63) is 93.2 Å². The largest absolute Gasteiger partial charge is 0.391 e. The number of hydrogen-bond donors (Lipinski definition) is 5. The fourth-order valence-corrected chi connectivity index (χ4v) is 11.0. The van der Waals surface area contributed by atoms with Crippen molar-refractivity contribution in [2.24, 2.45) is 22.2 Å². The number of β-amino-alcohol motifs (C(OH)–C–C–N with tert-alkyl or cyclic N) is 1. The highest BCUT2D eigenvalue weighted by Gasteiger charge is 2.61. The number of nitrogens with one attached hydrogen (secondary N) is 4. The molecular formula is C51H66ClN9O6S. The van der Waals surface area contributed by atoms with E-state index in [9.17, 15) is 29.5 Å². The molecule has 2 aliphatic rings. The number of ether oxygens (including phenoxy) is 1.